The number of carboxylic acids is 2. The Kier molecular flexibility index (Phi) is 11.5. The number of rotatable bonds is 5. The van der Waals surface area contributed by atoms with E-state index in [1.165, 1.54) is 0 Å². The maximum atomic E-state index is 12.8. The summed E-state index contributed by atoms with van der Waals surface area (Å²) in [5.74, 6) is -5.94. The lowest BCUT2D eigenvalue weighted by molar-refractivity contribution is -0.193. The van der Waals surface area contributed by atoms with Gasteiger partial charge in [0.15, 0.2) is 0 Å². The summed E-state index contributed by atoms with van der Waals surface area (Å²) in [5.41, 5.74) is 1.68. The fraction of sp³-hybridized carbons (Fsp3) is 0.417. The molecule has 0 aliphatic carbocycles. The molecule has 0 bridgehead atoms. The summed E-state index contributed by atoms with van der Waals surface area (Å²) in [5, 5.41) is 17.2. The summed E-state index contributed by atoms with van der Waals surface area (Å²) in [7, 11) is 0. The predicted octanol–water partition coefficient (Wildman–Crippen LogP) is 2.22. The molecule has 4 rings (SSSR count). The molecule has 3 unspecified atom stereocenters. The molecule has 0 radical (unpaired) electrons. The molecule has 2 aliphatic rings. The minimum absolute atomic E-state index is 0.00300. The van der Waals surface area contributed by atoms with Crippen LogP contribution in [0.15, 0.2) is 48.9 Å². The number of aliphatic carboxylic acids is 2. The summed E-state index contributed by atoms with van der Waals surface area (Å²) < 4.78 is 69.3. The van der Waals surface area contributed by atoms with Crippen LogP contribution in [0, 0.1) is 5.92 Å². The van der Waals surface area contributed by atoms with E-state index in [4.69, 9.17) is 24.5 Å². The summed E-state index contributed by atoms with van der Waals surface area (Å²) in [4.78, 5) is 53.4. The molecule has 2 fully saturated rings. The summed E-state index contributed by atoms with van der Waals surface area (Å²) >= 11 is 0. The Morgan fingerprint density at radius 3 is 2.12 bits per heavy atom. The first kappa shape index (κ1) is 32.9. The highest BCUT2D eigenvalue weighted by Crippen LogP contribution is 2.34. The van der Waals surface area contributed by atoms with Crippen LogP contribution in [0.3, 0.4) is 0 Å². The second-order valence-electron chi connectivity index (χ2n) is 8.53. The van der Waals surface area contributed by atoms with E-state index in [-0.39, 0.29) is 36.3 Å². The van der Waals surface area contributed by atoms with Crippen LogP contribution in [0.2, 0.25) is 0 Å². The molecule has 41 heavy (non-hydrogen) atoms. The van der Waals surface area contributed by atoms with E-state index in [0.717, 1.165) is 17.7 Å². The molecule has 2 amide bonds. The van der Waals surface area contributed by atoms with Crippen molar-refractivity contribution in [2.24, 2.45) is 5.92 Å². The molecule has 2 aromatic rings. The summed E-state index contributed by atoms with van der Waals surface area (Å²) in [6, 6.07) is 9.26. The monoisotopic (exact) mass is 594 g/mol. The maximum absolute atomic E-state index is 12.8. The number of pyridine rings is 2. The van der Waals surface area contributed by atoms with E-state index in [2.05, 4.69) is 15.3 Å². The van der Waals surface area contributed by atoms with E-state index in [1.54, 1.807) is 23.5 Å². The normalized spacial score (nSPS) is 19.6. The topological polar surface area (TPSA) is 159 Å². The number of carbonyl (C=O) groups is 4. The molecule has 2 aromatic heterocycles. The second kappa shape index (κ2) is 14.4. The number of carbonyl (C=O) groups excluding carboxylic acids is 2. The van der Waals surface area contributed by atoms with Crippen molar-refractivity contribution >= 4 is 23.8 Å². The Labute approximate surface area is 228 Å². The molecule has 224 valence electrons. The SMILES string of the molecule is O=C(NCc1cccnc1)C1CN(C(=O)Cc2ccccn2)C2CCOC12.O=C(O)C(F)(F)F.O=C(O)C(F)(F)F. The highest BCUT2D eigenvalue weighted by atomic mass is 19.4. The fourth-order valence-corrected chi connectivity index (χ4v) is 3.87. The highest BCUT2D eigenvalue weighted by Gasteiger charge is 2.50. The minimum Gasteiger partial charge on any atom is -0.475 e. The zero-order chi connectivity index (χ0) is 30.8. The lowest BCUT2D eigenvalue weighted by Gasteiger charge is -2.22. The average Bonchev–Trinajstić information content (AvgIpc) is 3.51. The van der Waals surface area contributed by atoms with Crippen molar-refractivity contribution in [3.05, 3.63) is 60.2 Å². The van der Waals surface area contributed by atoms with E-state index in [1.807, 2.05) is 30.3 Å². The highest BCUT2D eigenvalue weighted by molar-refractivity contribution is 5.84. The van der Waals surface area contributed by atoms with E-state index < -0.39 is 24.3 Å². The van der Waals surface area contributed by atoms with Crippen molar-refractivity contribution in [1.82, 2.24) is 20.2 Å². The molecule has 3 N–H and O–H groups in total. The Balaban J connectivity index is 0.000000349. The Morgan fingerprint density at radius 1 is 0.976 bits per heavy atom. The number of alkyl halides is 6. The van der Waals surface area contributed by atoms with Gasteiger partial charge < -0.3 is 25.2 Å². The van der Waals surface area contributed by atoms with Crippen molar-refractivity contribution in [1.29, 1.82) is 0 Å². The number of hydrogen-bond acceptors (Lipinski definition) is 7. The first-order valence-electron chi connectivity index (χ1n) is 11.7. The van der Waals surface area contributed by atoms with Crippen LogP contribution >= 0.6 is 0 Å². The number of likely N-dealkylation sites (tertiary alicyclic amines) is 1. The van der Waals surface area contributed by atoms with Crippen molar-refractivity contribution in [3.63, 3.8) is 0 Å². The molecule has 0 aromatic carbocycles. The first-order chi connectivity index (χ1) is 19.1. The quantitative estimate of drug-likeness (QED) is 0.442. The molecule has 2 saturated heterocycles. The van der Waals surface area contributed by atoms with E-state index in [9.17, 15) is 35.9 Å². The van der Waals surface area contributed by atoms with E-state index >= 15 is 0 Å². The van der Waals surface area contributed by atoms with Gasteiger partial charge in [-0.1, -0.05) is 12.1 Å². The minimum atomic E-state index is -5.08. The summed E-state index contributed by atoms with van der Waals surface area (Å²) in [6.07, 6.45) is -4.27. The number of hydrogen-bond donors (Lipinski definition) is 3. The maximum Gasteiger partial charge on any atom is 0.490 e. The molecule has 0 spiro atoms. The predicted molar refractivity (Wildman–Crippen MR) is 125 cm³/mol. The Bertz CT molecular complexity index is 1160. The molecular weight excluding hydrogens is 570 g/mol. The number of ether oxygens (including phenoxy) is 1. The van der Waals surface area contributed by atoms with Crippen LogP contribution in [-0.4, -0.2) is 86.5 Å². The smallest absolute Gasteiger partial charge is 0.475 e. The van der Waals surface area contributed by atoms with Crippen LogP contribution in [-0.2, 0) is 36.9 Å². The third-order valence-electron chi connectivity index (χ3n) is 5.68. The van der Waals surface area contributed by atoms with Crippen LogP contribution in [0.1, 0.15) is 17.7 Å². The number of halogens is 6. The van der Waals surface area contributed by atoms with Gasteiger partial charge in [0.25, 0.3) is 0 Å². The van der Waals surface area contributed by atoms with E-state index in [0.29, 0.717) is 19.7 Å². The summed E-state index contributed by atoms with van der Waals surface area (Å²) in [6.45, 7) is 1.39. The molecular formula is C24H24F6N4O7. The van der Waals surface area contributed by atoms with Gasteiger partial charge in [0.1, 0.15) is 0 Å². The lowest BCUT2D eigenvalue weighted by atomic mass is 10.0. The molecule has 4 heterocycles. The zero-order valence-electron chi connectivity index (χ0n) is 20.9. The van der Waals surface area contributed by atoms with Gasteiger partial charge in [-0.25, -0.2) is 9.59 Å². The standard InChI is InChI=1S/C20H22N4O3.2C2HF3O2/c25-18(10-15-5-1-2-8-22-15)24-13-16(19-17(24)6-9-27-19)20(26)23-12-14-4-3-7-21-11-14;2*3-2(4,5)1(6)7/h1-5,7-8,11,16-17,19H,6,9-10,12-13H2,(H,23,26);2*(H,6,7). The fourth-order valence-electron chi connectivity index (χ4n) is 3.87. The number of carboxylic acid groups (broad SMARTS) is 2. The number of amides is 2. The average molecular weight is 594 g/mol. The number of nitrogens with one attached hydrogen (secondary N) is 1. The van der Waals surface area contributed by atoms with Gasteiger partial charge in [-0.15, -0.1) is 0 Å². The third kappa shape index (κ3) is 10.3. The number of nitrogens with zero attached hydrogens (tertiary/aromatic N) is 3. The van der Waals surface area contributed by atoms with Crippen molar-refractivity contribution in [2.45, 2.75) is 43.9 Å². The van der Waals surface area contributed by atoms with Crippen LogP contribution in [0.5, 0.6) is 0 Å². The van der Waals surface area contributed by atoms with Crippen molar-refractivity contribution < 1.29 is 60.5 Å². The Hall–Kier alpha value is -4.28. The van der Waals surface area contributed by atoms with Gasteiger partial charge >= 0.3 is 24.3 Å². The Morgan fingerprint density at radius 2 is 1.61 bits per heavy atom. The molecule has 2 aliphatic heterocycles. The van der Waals surface area contributed by atoms with Gasteiger partial charge in [-0.2, -0.15) is 26.3 Å². The van der Waals surface area contributed by atoms with Gasteiger partial charge in [-0.05, 0) is 30.2 Å². The van der Waals surface area contributed by atoms with Crippen molar-refractivity contribution in [2.75, 3.05) is 13.2 Å². The molecule has 0 saturated carbocycles. The lowest BCUT2D eigenvalue weighted by Crippen LogP contribution is -2.38. The zero-order valence-corrected chi connectivity index (χ0v) is 20.9. The molecule has 11 nitrogen and oxygen atoms in total. The van der Waals surface area contributed by atoms with Gasteiger partial charge in [-0.3, -0.25) is 19.6 Å². The second-order valence-corrected chi connectivity index (χ2v) is 8.53. The van der Waals surface area contributed by atoms with Crippen LogP contribution < -0.4 is 5.32 Å². The number of aromatic nitrogens is 2. The molecule has 17 heteroatoms. The largest absolute Gasteiger partial charge is 0.490 e. The van der Waals surface area contributed by atoms with Gasteiger partial charge in [0, 0.05) is 44.0 Å². The van der Waals surface area contributed by atoms with Crippen molar-refractivity contribution in [3.8, 4) is 0 Å². The van der Waals surface area contributed by atoms with Gasteiger partial charge in [0.05, 0.1) is 24.5 Å². The van der Waals surface area contributed by atoms with Crippen LogP contribution in [0.25, 0.3) is 0 Å². The van der Waals surface area contributed by atoms with Gasteiger partial charge in [0.2, 0.25) is 11.8 Å². The first-order valence-corrected chi connectivity index (χ1v) is 11.7. The molecule has 3 atom stereocenters. The number of fused-ring (bicyclic) bond motifs is 1. The third-order valence-corrected chi connectivity index (χ3v) is 5.68. The van der Waals surface area contributed by atoms with Crippen LogP contribution in [0.4, 0.5) is 26.3 Å².